The van der Waals surface area contributed by atoms with Gasteiger partial charge in [-0.1, -0.05) is 71.8 Å². The van der Waals surface area contributed by atoms with E-state index in [-0.39, 0.29) is 17.8 Å². The molecule has 0 aromatic heterocycles. The van der Waals surface area contributed by atoms with Gasteiger partial charge < -0.3 is 5.32 Å². The van der Waals surface area contributed by atoms with Crippen molar-refractivity contribution in [3.8, 4) is 0 Å². The topological polar surface area (TPSA) is 41.1 Å². The molecule has 2 N–H and O–H groups in total. The van der Waals surface area contributed by atoms with Crippen LogP contribution in [0.4, 0.5) is 4.39 Å². The SMILES string of the molecule is CNC(=O)C(NC(CCc1ccc(C)cc1)c1ccc(F)c(C)c1)c1ccc(C)cc1. The Morgan fingerprint density at radius 1 is 0.871 bits per heavy atom. The molecule has 3 aromatic carbocycles. The van der Waals surface area contributed by atoms with E-state index >= 15 is 0 Å². The van der Waals surface area contributed by atoms with Crippen molar-refractivity contribution in [3.05, 3.63) is 106 Å². The number of amides is 1. The maximum atomic E-state index is 13.9. The van der Waals surface area contributed by atoms with Gasteiger partial charge in [0, 0.05) is 13.1 Å². The summed E-state index contributed by atoms with van der Waals surface area (Å²) in [5.74, 6) is -0.314. The molecule has 3 rings (SSSR count). The molecule has 0 fully saturated rings. The Bertz CT molecular complexity index is 1010. The number of likely N-dealkylation sites (N-methyl/N-ethyl adjacent to an activating group) is 1. The van der Waals surface area contributed by atoms with Crippen molar-refractivity contribution in [3.63, 3.8) is 0 Å². The lowest BCUT2D eigenvalue weighted by molar-refractivity contribution is -0.123. The summed E-state index contributed by atoms with van der Waals surface area (Å²) in [5, 5.41) is 6.32. The highest BCUT2D eigenvalue weighted by Gasteiger charge is 2.24. The van der Waals surface area contributed by atoms with E-state index in [0.29, 0.717) is 5.56 Å². The average molecular weight is 419 g/mol. The first-order chi connectivity index (χ1) is 14.9. The molecule has 0 aliphatic carbocycles. The number of hydrogen-bond donors (Lipinski definition) is 2. The van der Waals surface area contributed by atoms with Crippen molar-refractivity contribution in [2.45, 2.75) is 45.7 Å². The zero-order valence-electron chi connectivity index (χ0n) is 18.7. The fourth-order valence-electron chi connectivity index (χ4n) is 3.72. The van der Waals surface area contributed by atoms with Gasteiger partial charge in [-0.15, -0.1) is 0 Å². The first-order valence-electron chi connectivity index (χ1n) is 10.7. The van der Waals surface area contributed by atoms with Crippen LogP contribution in [0.5, 0.6) is 0 Å². The number of hydrogen-bond acceptors (Lipinski definition) is 2. The van der Waals surface area contributed by atoms with Crippen LogP contribution in [0.1, 0.15) is 51.9 Å². The Morgan fingerprint density at radius 3 is 2.03 bits per heavy atom. The molecule has 2 atom stereocenters. The fourth-order valence-corrected chi connectivity index (χ4v) is 3.72. The van der Waals surface area contributed by atoms with Crippen LogP contribution >= 0.6 is 0 Å². The van der Waals surface area contributed by atoms with Gasteiger partial charge in [0.05, 0.1) is 0 Å². The molecule has 162 valence electrons. The van der Waals surface area contributed by atoms with E-state index < -0.39 is 6.04 Å². The standard InChI is InChI=1S/C27H31FN2O/c1-18-5-9-21(10-6-18)11-16-25(23-14-15-24(28)20(3)17-23)30-26(27(31)29-4)22-12-7-19(2)8-13-22/h5-10,12-15,17,25-26,30H,11,16H2,1-4H3,(H,29,31). The van der Waals surface area contributed by atoms with Gasteiger partial charge in [-0.05, 0) is 61.9 Å². The third kappa shape index (κ3) is 6.02. The largest absolute Gasteiger partial charge is 0.358 e. The van der Waals surface area contributed by atoms with Crippen LogP contribution in [0.3, 0.4) is 0 Å². The fraction of sp³-hybridized carbons (Fsp3) is 0.296. The van der Waals surface area contributed by atoms with Gasteiger partial charge in [0.15, 0.2) is 0 Å². The molecule has 4 heteroatoms. The summed E-state index contributed by atoms with van der Waals surface area (Å²) in [5.41, 5.74) is 6.10. The summed E-state index contributed by atoms with van der Waals surface area (Å²) < 4.78 is 13.9. The van der Waals surface area contributed by atoms with Crippen molar-refractivity contribution >= 4 is 5.91 Å². The molecule has 31 heavy (non-hydrogen) atoms. The van der Waals surface area contributed by atoms with Gasteiger partial charge in [0.1, 0.15) is 11.9 Å². The van der Waals surface area contributed by atoms with E-state index in [2.05, 4.69) is 41.8 Å². The molecule has 0 saturated carbocycles. The van der Waals surface area contributed by atoms with E-state index in [1.807, 2.05) is 43.3 Å². The van der Waals surface area contributed by atoms with Crippen molar-refractivity contribution < 1.29 is 9.18 Å². The molecular weight excluding hydrogens is 387 g/mol. The van der Waals surface area contributed by atoms with Crippen molar-refractivity contribution in [2.75, 3.05) is 7.05 Å². The Hall–Kier alpha value is -2.98. The van der Waals surface area contributed by atoms with Gasteiger partial charge in [0.2, 0.25) is 5.91 Å². The first kappa shape index (κ1) is 22.7. The van der Waals surface area contributed by atoms with Crippen LogP contribution in [0.25, 0.3) is 0 Å². The lowest BCUT2D eigenvalue weighted by Crippen LogP contribution is -2.38. The summed E-state index contributed by atoms with van der Waals surface area (Å²) in [6.45, 7) is 5.87. The lowest BCUT2D eigenvalue weighted by atomic mass is 9.95. The van der Waals surface area contributed by atoms with Gasteiger partial charge in [-0.3, -0.25) is 10.1 Å². The summed E-state index contributed by atoms with van der Waals surface area (Å²) in [6.07, 6.45) is 1.64. The van der Waals surface area contributed by atoms with Crippen molar-refractivity contribution in [2.24, 2.45) is 0 Å². The Kier molecular flexibility index (Phi) is 7.59. The van der Waals surface area contributed by atoms with Gasteiger partial charge >= 0.3 is 0 Å². The van der Waals surface area contributed by atoms with Crippen LogP contribution in [0, 0.1) is 26.6 Å². The maximum Gasteiger partial charge on any atom is 0.241 e. The third-order valence-corrected chi connectivity index (χ3v) is 5.71. The quantitative estimate of drug-likeness (QED) is 0.507. The molecule has 1 amide bonds. The van der Waals surface area contributed by atoms with Gasteiger partial charge in [-0.25, -0.2) is 4.39 Å². The molecule has 0 aliphatic heterocycles. The zero-order chi connectivity index (χ0) is 22.4. The van der Waals surface area contributed by atoms with E-state index in [9.17, 15) is 9.18 Å². The van der Waals surface area contributed by atoms with Gasteiger partial charge in [-0.2, -0.15) is 0 Å². The number of carbonyl (C=O) groups excluding carboxylic acids is 1. The molecule has 0 radical (unpaired) electrons. The number of aryl methyl sites for hydroxylation is 4. The van der Waals surface area contributed by atoms with Crippen LogP contribution in [0.2, 0.25) is 0 Å². The number of nitrogens with one attached hydrogen (secondary N) is 2. The lowest BCUT2D eigenvalue weighted by Gasteiger charge is -2.26. The zero-order valence-corrected chi connectivity index (χ0v) is 18.7. The van der Waals surface area contributed by atoms with Crippen LogP contribution in [-0.2, 0) is 11.2 Å². The van der Waals surface area contributed by atoms with Crippen molar-refractivity contribution in [1.29, 1.82) is 0 Å². The van der Waals surface area contributed by atoms with Crippen LogP contribution < -0.4 is 10.6 Å². The Labute approximate surface area is 184 Å². The summed E-state index contributed by atoms with van der Waals surface area (Å²) in [7, 11) is 1.65. The maximum absolute atomic E-state index is 13.9. The minimum Gasteiger partial charge on any atom is -0.358 e. The smallest absolute Gasteiger partial charge is 0.241 e. The highest BCUT2D eigenvalue weighted by atomic mass is 19.1. The molecule has 0 heterocycles. The third-order valence-electron chi connectivity index (χ3n) is 5.71. The van der Waals surface area contributed by atoms with E-state index in [1.165, 1.54) is 17.2 Å². The minimum atomic E-state index is -0.501. The summed E-state index contributed by atoms with van der Waals surface area (Å²) in [4.78, 5) is 12.8. The average Bonchev–Trinajstić information content (AvgIpc) is 2.77. The predicted molar refractivity (Wildman–Crippen MR) is 125 cm³/mol. The molecule has 3 nitrogen and oxygen atoms in total. The highest BCUT2D eigenvalue weighted by Crippen LogP contribution is 2.26. The van der Waals surface area contributed by atoms with E-state index in [4.69, 9.17) is 0 Å². The predicted octanol–water partition coefficient (Wildman–Crippen LogP) is 5.50. The Balaban J connectivity index is 1.90. The molecule has 0 saturated heterocycles. The molecule has 2 unspecified atom stereocenters. The molecular formula is C27H31FN2O. The molecule has 3 aromatic rings. The Morgan fingerprint density at radius 2 is 1.45 bits per heavy atom. The molecule has 0 bridgehead atoms. The van der Waals surface area contributed by atoms with Crippen LogP contribution in [0.15, 0.2) is 66.7 Å². The normalized spacial score (nSPS) is 12.9. The summed E-state index contributed by atoms with van der Waals surface area (Å²) in [6, 6.07) is 21.1. The number of rotatable bonds is 8. The van der Waals surface area contributed by atoms with E-state index in [0.717, 1.165) is 29.5 Å². The minimum absolute atomic E-state index is 0.0944. The highest BCUT2D eigenvalue weighted by molar-refractivity contribution is 5.83. The second-order valence-corrected chi connectivity index (χ2v) is 8.21. The number of carbonyl (C=O) groups is 1. The second kappa shape index (κ2) is 10.4. The number of benzene rings is 3. The molecule has 0 spiro atoms. The van der Waals surface area contributed by atoms with Crippen LogP contribution in [-0.4, -0.2) is 13.0 Å². The first-order valence-corrected chi connectivity index (χ1v) is 10.7. The van der Waals surface area contributed by atoms with E-state index in [1.54, 1.807) is 14.0 Å². The summed E-state index contributed by atoms with van der Waals surface area (Å²) >= 11 is 0. The number of halogens is 1. The van der Waals surface area contributed by atoms with Crippen molar-refractivity contribution in [1.82, 2.24) is 10.6 Å². The van der Waals surface area contributed by atoms with Gasteiger partial charge in [0.25, 0.3) is 0 Å². The second-order valence-electron chi connectivity index (χ2n) is 8.21. The monoisotopic (exact) mass is 418 g/mol. The molecule has 0 aliphatic rings.